The van der Waals surface area contributed by atoms with Crippen molar-refractivity contribution in [2.45, 2.75) is 51.4 Å². The molecular formula is C22H30FN5O. The zero-order chi connectivity index (χ0) is 20.1. The Hall–Kier alpha value is -1.99. The van der Waals surface area contributed by atoms with Gasteiger partial charge < -0.3 is 10.5 Å². The minimum Gasteiger partial charge on any atom is -0.383 e. The fourth-order valence-corrected chi connectivity index (χ4v) is 5.47. The van der Waals surface area contributed by atoms with Crippen LogP contribution >= 0.6 is 0 Å². The summed E-state index contributed by atoms with van der Waals surface area (Å²) >= 11 is 0. The molecule has 2 aromatic rings. The number of hydrogen-bond donors (Lipinski definition) is 1. The predicted octanol–water partition coefficient (Wildman–Crippen LogP) is 3.40. The summed E-state index contributed by atoms with van der Waals surface area (Å²) in [6.45, 7) is 7.62. The number of fused-ring (bicyclic) bond motifs is 1. The zero-order valence-corrected chi connectivity index (χ0v) is 17.2. The Balaban J connectivity index is 1.37. The van der Waals surface area contributed by atoms with Crippen molar-refractivity contribution in [2.75, 3.05) is 32.0 Å². The van der Waals surface area contributed by atoms with Gasteiger partial charge in [0.25, 0.3) is 0 Å². The molecule has 6 nitrogen and oxygen atoms in total. The summed E-state index contributed by atoms with van der Waals surface area (Å²) in [4.78, 5) is 6.78. The molecule has 0 spiro atoms. The number of rotatable bonds is 5. The summed E-state index contributed by atoms with van der Waals surface area (Å²) in [5.41, 5.74) is 9.22. The second-order valence-electron chi connectivity index (χ2n) is 9.02. The Bertz CT molecular complexity index is 879. The summed E-state index contributed by atoms with van der Waals surface area (Å²) in [7, 11) is 0. The molecule has 2 saturated carbocycles. The van der Waals surface area contributed by atoms with Gasteiger partial charge in [-0.2, -0.15) is 5.10 Å². The molecule has 2 aromatic heterocycles. The highest BCUT2D eigenvalue weighted by atomic mass is 19.1. The summed E-state index contributed by atoms with van der Waals surface area (Å²) in [6, 6.07) is 4.98. The van der Waals surface area contributed by atoms with Crippen molar-refractivity contribution in [3.63, 3.8) is 0 Å². The minimum atomic E-state index is -0.611. The van der Waals surface area contributed by atoms with Gasteiger partial charge in [0.05, 0.1) is 18.9 Å². The van der Waals surface area contributed by atoms with E-state index < -0.39 is 6.67 Å². The lowest BCUT2D eigenvalue weighted by Gasteiger charge is -2.33. The molecule has 3 aliphatic rings. The SMILES string of the molecule is CC(C)n1nc(-c2cnc(N)c(CF)c2)cc1C1[C@H]2CC(N3CCOCC3)C[C@@H]12. The molecule has 7 heteroatoms. The number of alkyl halides is 1. The van der Waals surface area contributed by atoms with E-state index in [0.717, 1.165) is 49.4 Å². The molecule has 1 aliphatic heterocycles. The number of anilines is 1. The molecule has 4 atom stereocenters. The molecule has 1 saturated heterocycles. The lowest BCUT2D eigenvalue weighted by atomic mass is 10.0. The molecular weight excluding hydrogens is 369 g/mol. The number of nitrogens with zero attached hydrogens (tertiary/aromatic N) is 4. The summed E-state index contributed by atoms with van der Waals surface area (Å²) in [6.07, 6.45) is 4.26. The Kier molecular flexibility index (Phi) is 4.82. The van der Waals surface area contributed by atoms with E-state index in [2.05, 4.69) is 34.5 Å². The van der Waals surface area contributed by atoms with Crippen LogP contribution in [0, 0.1) is 11.8 Å². The number of hydrogen-bond acceptors (Lipinski definition) is 5. The van der Waals surface area contributed by atoms with E-state index in [1.807, 2.05) is 0 Å². The summed E-state index contributed by atoms with van der Waals surface area (Å²) in [5, 5.41) is 4.87. The lowest BCUT2D eigenvalue weighted by molar-refractivity contribution is 0.0151. The van der Waals surface area contributed by atoms with E-state index in [-0.39, 0.29) is 11.9 Å². The van der Waals surface area contributed by atoms with Gasteiger partial charge in [-0.3, -0.25) is 9.58 Å². The normalized spacial score (nSPS) is 29.4. The number of aromatic nitrogens is 3. The number of nitrogens with two attached hydrogens (primary N) is 1. The number of halogens is 1. The predicted molar refractivity (Wildman–Crippen MR) is 110 cm³/mol. The molecule has 2 unspecified atom stereocenters. The third-order valence-corrected chi connectivity index (χ3v) is 7.02. The van der Waals surface area contributed by atoms with E-state index >= 15 is 0 Å². The van der Waals surface area contributed by atoms with E-state index in [4.69, 9.17) is 15.6 Å². The highest BCUT2D eigenvalue weighted by Gasteiger charge is 2.58. The van der Waals surface area contributed by atoms with Crippen molar-refractivity contribution in [3.8, 4) is 11.3 Å². The average molecular weight is 400 g/mol. The maximum absolute atomic E-state index is 13.2. The van der Waals surface area contributed by atoms with Crippen LogP contribution in [-0.4, -0.2) is 52.0 Å². The first-order valence-corrected chi connectivity index (χ1v) is 10.8. The second kappa shape index (κ2) is 7.36. The van der Waals surface area contributed by atoms with Crippen LogP contribution in [0.5, 0.6) is 0 Å². The quantitative estimate of drug-likeness (QED) is 0.835. The van der Waals surface area contributed by atoms with E-state index in [1.54, 1.807) is 12.3 Å². The molecule has 0 aromatic carbocycles. The lowest BCUT2D eigenvalue weighted by Crippen LogP contribution is -2.43. The van der Waals surface area contributed by atoms with Crippen LogP contribution in [0.1, 0.15) is 49.9 Å². The minimum absolute atomic E-state index is 0.255. The van der Waals surface area contributed by atoms with Crippen molar-refractivity contribution in [2.24, 2.45) is 11.8 Å². The van der Waals surface area contributed by atoms with Crippen LogP contribution in [-0.2, 0) is 11.4 Å². The van der Waals surface area contributed by atoms with Crippen LogP contribution < -0.4 is 5.73 Å². The number of pyridine rings is 1. The fourth-order valence-electron chi connectivity index (χ4n) is 5.47. The standard InChI is InChI=1S/C22H30FN5O/c1-13(2)28-20(10-19(26-28)15-7-14(11-23)22(24)25-12-15)21-17-8-16(9-18(17)21)27-3-5-29-6-4-27/h7,10,12-13,16-18,21H,3-6,8-9,11H2,1-2H3,(H2,24,25)/t16?,17-,18+,21?. The first-order valence-electron chi connectivity index (χ1n) is 10.8. The third-order valence-electron chi connectivity index (χ3n) is 7.02. The van der Waals surface area contributed by atoms with Gasteiger partial charge in [0.2, 0.25) is 0 Å². The van der Waals surface area contributed by atoms with Crippen molar-refractivity contribution in [1.82, 2.24) is 19.7 Å². The molecule has 29 heavy (non-hydrogen) atoms. The first-order chi connectivity index (χ1) is 14.1. The van der Waals surface area contributed by atoms with E-state index in [0.29, 0.717) is 17.5 Å². The van der Waals surface area contributed by atoms with Crippen LogP contribution in [0.2, 0.25) is 0 Å². The van der Waals surface area contributed by atoms with Gasteiger partial charge in [0.15, 0.2) is 0 Å². The van der Waals surface area contributed by atoms with Gasteiger partial charge in [0.1, 0.15) is 12.5 Å². The molecule has 0 bridgehead atoms. The fraction of sp³-hybridized carbons (Fsp3) is 0.636. The van der Waals surface area contributed by atoms with E-state index in [9.17, 15) is 4.39 Å². The van der Waals surface area contributed by atoms with Crippen molar-refractivity contribution in [3.05, 3.63) is 29.6 Å². The van der Waals surface area contributed by atoms with Crippen LogP contribution in [0.4, 0.5) is 10.2 Å². The molecule has 2 aliphatic carbocycles. The van der Waals surface area contributed by atoms with Crippen LogP contribution in [0.3, 0.4) is 0 Å². The van der Waals surface area contributed by atoms with Gasteiger partial charge in [-0.1, -0.05) is 0 Å². The third kappa shape index (κ3) is 3.34. The molecule has 3 fully saturated rings. The second-order valence-corrected chi connectivity index (χ2v) is 9.02. The average Bonchev–Trinajstić information content (AvgIpc) is 3.10. The van der Waals surface area contributed by atoms with Gasteiger partial charge in [-0.05, 0) is 50.7 Å². The monoisotopic (exact) mass is 399 g/mol. The molecule has 2 N–H and O–H groups in total. The van der Waals surface area contributed by atoms with Crippen molar-refractivity contribution < 1.29 is 9.13 Å². The number of morpholine rings is 1. The Morgan fingerprint density at radius 2 is 1.93 bits per heavy atom. The first kappa shape index (κ1) is 19.0. The highest BCUT2D eigenvalue weighted by Crippen LogP contribution is 2.64. The summed E-state index contributed by atoms with van der Waals surface area (Å²) in [5.74, 6) is 2.37. The highest BCUT2D eigenvalue weighted by molar-refractivity contribution is 5.62. The smallest absolute Gasteiger partial charge is 0.129 e. The van der Waals surface area contributed by atoms with Crippen molar-refractivity contribution >= 4 is 5.82 Å². The molecule has 156 valence electrons. The van der Waals surface area contributed by atoms with Gasteiger partial charge in [0, 0.05) is 54.1 Å². The van der Waals surface area contributed by atoms with E-state index in [1.165, 1.54) is 18.5 Å². The zero-order valence-electron chi connectivity index (χ0n) is 17.2. The molecule has 5 rings (SSSR count). The molecule has 0 radical (unpaired) electrons. The number of ether oxygens (including phenoxy) is 1. The molecule has 0 amide bonds. The van der Waals surface area contributed by atoms with Gasteiger partial charge >= 0.3 is 0 Å². The molecule has 3 heterocycles. The largest absolute Gasteiger partial charge is 0.383 e. The van der Waals surface area contributed by atoms with Gasteiger partial charge in [-0.15, -0.1) is 0 Å². The topological polar surface area (TPSA) is 69.2 Å². The Morgan fingerprint density at radius 3 is 2.59 bits per heavy atom. The maximum atomic E-state index is 13.2. The Labute approximate surface area is 171 Å². The van der Waals surface area contributed by atoms with Crippen LogP contribution in [0.15, 0.2) is 18.3 Å². The maximum Gasteiger partial charge on any atom is 0.129 e. The van der Waals surface area contributed by atoms with Gasteiger partial charge in [-0.25, -0.2) is 9.37 Å². The van der Waals surface area contributed by atoms with Crippen LogP contribution in [0.25, 0.3) is 11.3 Å². The Morgan fingerprint density at radius 1 is 1.21 bits per heavy atom. The number of nitrogen functional groups attached to an aromatic ring is 1. The van der Waals surface area contributed by atoms with Crippen molar-refractivity contribution in [1.29, 1.82) is 0 Å². The summed E-state index contributed by atoms with van der Waals surface area (Å²) < 4.78 is 20.9.